The first-order valence-electron chi connectivity index (χ1n) is 5.49. The molecule has 0 aliphatic carbocycles. The summed E-state index contributed by atoms with van der Waals surface area (Å²) in [5.41, 5.74) is 6.67. The van der Waals surface area contributed by atoms with Gasteiger partial charge in [-0.2, -0.15) is 0 Å². The van der Waals surface area contributed by atoms with Gasteiger partial charge in [0.1, 0.15) is 16.5 Å². The molecule has 0 atom stereocenters. The first-order valence-corrected chi connectivity index (χ1v) is 6.31. The lowest BCUT2D eigenvalue weighted by Crippen LogP contribution is -2.08. The molecule has 0 saturated carbocycles. The summed E-state index contributed by atoms with van der Waals surface area (Å²) < 4.78 is 0. The van der Waals surface area contributed by atoms with Gasteiger partial charge in [0.15, 0.2) is 5.01 Å². The standard InChI is InChI=1S/C12H16N4S/c1-12(2,3)7-10-15-16-11(17-10)8-5-4-6-9(13)14-8/h4-6H,7H2,1-3H3,(H2,13,14). The van der Waals surface area contributed by atoms with Crippen molar-refractivity contribution in [2.45, 2.75) is 27.2 Å². The predicted octanol–water partition coefficient (Wildman–Crippen LogP) is 2.77. The number of nitrogen functional groups attached to an aromatic ring is 1. The Morgan fingerprint density at radius 3 is 2.65 bits per heavy atom. The molecule has 0 bridgehead atoms. The van der Waals surface area contributed by atoms with Gasteiger partial charge in [0, 0.05) is 6.42 Å². The van der Waals surface area contributed by atoms with E-state index in [1.807, 2.05) is 12.1 Å². The molecule has 0 fully saturated rings. The topological polar surface area (TPSA) is 64.7 Å². The quantitative estimate of drug-likeness (QED) is 0.887. The zero-order valence-electron chi connectivity index (χ0n) is 10.3. The highest BCUT2D eigenvalue weighted by Gasteiger charge is 2.16. The Balaban J connectivity index is 2.24. The molecule has 17 heavy (non-hydrogen) atoms. The number of rotatable bonds is 2. The lowest BCUT2D eigenvalue weighted by molar-refractivity contribution is 0.409. The summed E-state index contributed by atoms with van der Waals surface area (Å²) in [5, 5.41) is 10.2. The fourth-order valence-corrected chi connectivity index (χ4v) is 2.56. The van der Waals surface area contributed by atoms with Crippen LogP contribution in [0.5, 0.6) is 0 Å². The van der Waals surface area contributed by atoms with Gasteiger partial charge in [-0.15, -0.1) is 10.2 Å². The minimum atomic E-state index is 0.222. The summed E-state index contributed by atoms with van der Waals surface area (Å²) in [6, 6.07) is 5.54. The third-order valence-electron chi connectivity index (χ3n) is 2.14. The number of nitrogens with zero attached hydrogens (tertiary/aromatic N) is 3. The highest BCUT2D eigenvalue weighted by Crippen LogP contribution is 2.27. The second kappa shape index (κ2) is 4.41. The lowest BCUT2D eigenvalue weighted by atomic mass is 9.93. The molecule has 0 radical (unpaired) electrons. The molecule has 0 aliphatic heterocycles. The van der Waals surface area contributed by atoms with Crippen LogP contribution in [0.2, 0.25) is 0 Å². The third-order valence-corrected chi connectivity index (χ3v) is 3.08. The fourth-order valence-electron chi connectivity index (χ4n) is 1.45. The highest BCUT2D eigenvalue weighted by molar-refractivity contribution is 7.14. The lowest BCUT2D eigenvalue weighted by Gasteiger charge is -2.14. The maximum atomic E-state index is 5.65. The third kappa shape index (κ3) is 3.23. The molecule has 0 unspecified atom stereocenters. The van der Waals surface area contributed by atoms with Crippen molar-refractivity contribution in [3.63, 3.8) is 0 Å². The number of hydrogen-bond donors (Lipinski definition) is 1. The number of hydrogen-bond acceptors (Lipinski definition) is 5. The van der Waals surface area contributed by atoms with Gasteiger partial charge in [-0.3, -0.25) is 0 Å². The van der Waals surface area contributed by atoms with Crippen LogP contribution in [0.25, 0.3) is 10.7 Å². The molecule has 2 N–H and O–H groups in total. The van der Waals surface area contributed by atoms with Crippen LogP contribution in [0.4, 0.5) is 5.82 Å². The highest BCUT2D eigenvalue weighted by atomic mass is 32.1. The molecule has 2 aromatic heterocycles. The molecule has 2 aromatic rings. The van der Waals surface area contributed by atoms with Crippen LogP contribution in [0.15, 0.2) is 18.2 Å². The Bertz CT molecular complexity index is 513. The Morgan fingerprint density at radius 2 is 2.00 bits per heavy atom. The van der Waals surface area contributed by atoms with Crippen molar-refractivity contribution >= 4 is 17.2 Å². The van der Waals surface area contributed by atoms with E-state index in [2.05, 4.69) is 36.0 Å². The molecule has 4 nitrogen and oxygen atoms in total. The van der Waals surface area contributed by atoms with Gasteiger partial charge in [0.2, 0.25) is 0 Å². The average molecular weight is 248 g/mol. The normalized spacial score (nSPS) is 11.7. The van der Waals surface area contributed by atoms with E-state index in [0.717, 1.165) is 22.1 Å². The molecule has 2 heterocycles. The zero-order valence-corrected chi connectivity index (χ0v) is 11.1. The SMILES string of the molecule is CC(C)(C)Cc1nnc(-c2cccc(N)n2)s1. The summed E-state index contributed by atoms with van der Waals surface area (Å²) in [6.07, 6.45) is 0.924. The summed E-state index contributed by atoms with van der Waals surface area (Å²) in [6.45, 7) is 6.56. The second-order valence-corrected chi connectivity index (χ2v) is 6.25. The van der Waals surface area contributed by atoms with Crippen molar-refractivity contribution in [1.82, 2.24) is 15.2 Å². The van der Waals surface area contributed by atoms with Gasteiger partial charge in [-0.25, -0.2) is 4.98 Å². The van der Waals surface area contributed by atoms with E-state index < -0.39 is 0 Å². The molecule has 0 saturated heterocycles. The maximum Gasteiger partial charge on any atom is 0.166 e. The van der Waals surface area contributed by atoms with E-state index >= 15 is 0 Å². The number of pyridine rings is 1. The summed E-state index contributed by atoms with van der Waals surface area (Å²) >= 11 is 1.58. The molecule has 0 aromatic carbocycles. The maximum absolute atomic E-state index is 5.65. The molecule has 0 aliphatic rings. The Morgan fingerprint density at radius 1 is 1.24 bits per heavy atom. The molecular weight excluding hydrogens is 232 g/mol. The van der Waals surface area contributed by atoms with Crippen molar-refractivity contribution in [2.75, 3.05) is 5.73 Å². The van der Waals surface area contributed by atoms with Crippen molar-refractivity contribution in [1.29, 1.82) is 0 Å². The first kappa shape index (κ1) is 12.0. The second-order valence-electron chi connectivity index (χ2n) is 5.19. The smallest absolute Gasteiger partial charge is 0.166 e. The molecule has 90 valence electrons. The van der Waals surface area contributed by atoms with E-state index in [0.29, 0.717) is 5.82 Å². The van der Waals surface area contributed by atoms with Gasteiger partial charge >= 0.3 is 0 Å². The van der Waals surface area contributed by atoms with E-state index in [-0.39, 0.29) is 5.41 Å². The minimum absolute atomic E-state index is 0.222. The van der Waals surface area contributed by atoms with Crippen LogP contribution >= 0.6 is 11.3 Å². The molecule has 2 rings (SSSR count). The summed E-state index contributed by atoms with van der Waals surface area (Å²) in [5.74, 6) is 0.509. The van der Waals surface area contributed by atoms with Gasteiger partial charge in [-0.1, -0.05) is 38.2 Å². The van der Waals surface area contributed by atoms with Gasteiger partial charge in [0.25, 0.3) is 0 Å². The van der Waals surface area contributed by atoms with Crippen LogP contribution in [0.3, 0.4) is 0 Å². The van der Waals surface area contributed by atoms with Gasteiger partial charge in [0.05, 0.1) is 0 Å². The molecule has 5 heteroatoms. The Kier molecular flexibility index (Phi) is 3.11. The van der Waals surface area contributed by atoms with E-state index in [4.69, 9.17) is 5.73 Å². The van der Waals surface area contributed by atoms with Crippen molar-refractivity contribution < 1.29 is 0 Å². The largest absolute Gasteiger partial charge is 0.384 e. The number of nitrogens with two attached hydrogens (primary N) is 1. The van der Waals surface area contributed by atoms with Crippen LogP contribution < -0.4 is 5.73 Å². The van der Waals surface area contributed by atoms with E-state index in [1.54, 1.807) is 17.4 Å². The number of aromatic nitrogens is 3. The minimum Gasteiger partial charge on any atom is -0.384 e. The van der Waals surface area contributed by atoms with Crippen LogP contribution in [-0.4, -0.2) is 15.2 Å². The van der Waals surface area contributed by atoms with E-state index in [1.165, 1.54) is 0 Å². The van der Waals surface area contributed by atoms with Crippen molar-refractivity contribution in [3.8, 4) is 10.7 Å². The summed E-state index contributed by atoms with van der Waals surface area (Å²) in [4.78, 5) is 4.24. The van der Waals surface area contributed by atoms with Crippen molar-refractivity contribution in [3.05, 3.63) is 23.2 Å². The monoisotopic (exact) mass is 248 g/mol. The Hall–Kier alpha value is -1.49. The first-order chi connectivity index (χ1) is 7.94. The van der Waals surface area contributed by atoms with Gasteiger partial charge in [-0.05, 0) is 17.5 Å². The van der Waals surface area contributed by atoms with Gasteiger partial charge < -0.3 is 5.73 Å². The fraction of sp³-hybridized carbons (Fsp3) is 0.417. The van der Waals surface area contributed by atoms with Crippen LogP contribution in [0.1, 0.15) is 25.8 Å². The molecule has 0 spiro atoms. The van der Waals surface area contributed by atoms with Crippen LogP contribution in [-0.2, 0) is 6.42 Å². The Labute approximate surface area is 105 Å². The van der Waals surface area contributed by atoms with E-state index in [9.17, 15) is 0 Å². The number of anilines is 1. The predicted molar refractivity (Wildman–Crippen MR) is 70.7 cm³/mol. The summed E-state index contributed by atoms with van der Waals surface area (Å²) in [7, 11) is 0. The molecular formula is C12H16N4S. The average Bonchev–Trinajstić information content (AvgIpc) is 2.63. The zero-order chi connectivity index (χ0) is 12.5. The van der Waals surface area contributed by atoms with Crippen LogP contribution in [0, 0.1) is 5.41 Å². The molecule has 0 amide bonds. The van der Waals surface area contributed by atoms with Crippen molar-refractivity contribution in [2.24, 2.45) is 5.41 Å².